The molecule has 1 saturated carbocycles. The number of alkyl halides is 2. The molecule has 0 saturated heterocycles. The van der Waals surface area contributed by atoms with Gasteiger partial charge in [-0.3, -0.25) is 4.79 Å². The second-order valence-corrected chi connectivity index (χ2v) is 10.6. The molecule has 184 valence electrons. The van der Waals surface area contributed by atoms with Crippen molar-refractivity contribution in [3.05, 3.63) is 75.4 Å². The number of benzene rings is 2. The molecule has 4 rings (SSSR count). The van der Waals surface area contributed by atoms with Crippen LogP contribution in [-0.2, 0) is 15.8 Å². The van der Waals surface area contributed by atoms with Crippen molar-refractivity contribution in [3.63, 3.8) is 0 Å². The molecule has 1 heterocycles. The maximum Gasteiger partial charge on any atom is 0.291 e. The predicted molar refractivity (Wildman–Crippen MR) is 121 cm³/mol. The highest BCUT2D eigenvalue weighted by Gasteiger charge is 2.37. The Hall–Kier alpha value is -3.05. The average Bonchev–Trinajstić information content (AvgIpc) is 3.62. The molecule has 0 aliphatic heterocycles. The largest absolute Gasteiger partial charge is 0.344 e. The summed E-state index contributed by atoms with van der Waals surface area (Å²) in [6.45, 7) is 1.84. The Morgan fingerprint density at radius 1 is 1.17 bits per heavy atom. The zero-order chi connectivity index (χ0) is 25.5. The van der Waals surface area contributed by atoms with Gasteiger partial charge in [0.25, 0.3) is 11.8 Å². The number of hydrogen-bond acceptors (Lipinski definition) is 6. The first-order chi connectivity index (χ1) is 16.4. The number of rotatable bonds is 7. The monoisotopic (exact) mass is 524 g/mol. The summed E-state index contributed by atoms with van der Waals surface area (Å²) in [6, 6.07) is 7.89. The average molecular weight is 525 g/mol. The number of amides is 1. The van der Waals surface area contributed by atoms with E-state index in [1.54, 1.807) is 6.92 Å². The number of carbonyl (C=O) groups is 1. The van der Waals surface area contributed by atoms with Crippen LogP contribution in [0.1, 0.15) is 51.8 Å². The number of sulfone groups is 1. The lowest BCUT2D eigenvalue weighted by Crippen LogP contribution is -2.36. The van der Waals surface area contributed by atoms with E-state index in [-0.39, 0.29) is 22.3 Å². The molecule has 2 aromatic carbocycles. The Balaban J connectivity index is 1.66. The van der Waals surface area contributed by atoms with Crippen molar-refractivity contribution in [2.24, 2.45) is 0 Å². The Bertz CT molecular complexity index is 1430. The molecule has 1 fully saturated rings. The smallest absolute Gasteiger partial charge is 0.291 e. The minimum atomic E-state index is -4.69. The Morgan fingerprint density at radius 3 is 2.54 bits per heavy atom. The standard InChI is InChI=1S/C23H20ClF3N4O3S/c1-12-6-9-16(17(24)10-12)23(26,27)11-28-21(32)20-22(31-30-13(2)29-20)35(33,34)18-5-3-4-15(19(18)25)14-7-8-14/h3-6,9-10,14H,7-8,11H2,1-2H3,(H,28,32). The quantitative estimate of drug-likeness (QED) is 0.488. The molecule has 0 atom stereocenters. The van der Waals surface area contributed by atoms with Crippen LogP contribution >= 0.6 is 11.6 Å². The first-order valence-electron chi connectivity index (χ1n) is 10.6. The zero-order valence-electron chi connectivity index (χ0n) is 18.6. The Morgan fingerprint density at radius 2 is 1.89 bits per heavy atom. The van der Waals surface area contributed by atoms with Crippen molar-refractivity contribution < 1.29 is 26.4 Å². The number of nitrogens with one attached hydrogen (secondary N) is 1. The van der Waals surface area contributed by atoms with Crippen LogP contribution in [0.25, 0.3) is 0 Å². The van der Waals surface area contributed by atoms with Gasteiger partial charge in [0, 0.05) is 5.56 Å². The molecular weight excluding hydrogens is 505 g/mol. The molecular formula is C23H20ClF3N4O3S. The molecule has 3 aromatic rings. The molecule has 0 spiro atoms. The maximum absolute atomic E-state index is 15.1. The third kappa shape index (κ3) is 5.01. The summed E-state index contributed by atoms with van der Waals surface area (Å²) in [5.41, 5.74) is -0.345. The van der Waals surface area contributed by atoms with Crippen LogP contribution < -0.4 is 5.32 Å². The van der Waals surface area contributed by atoms with E-state index in [0.717, 1.165) is 25.0 Å². The molecule has 1 amide bonds. The lowest BCUT2D eigenvalue weighted by molar-refractivity contribution is -0.00246. The fourth-order valence-electron chi connectivity index (χ4n) is 3.56. The molecule has 0 unspecified atom stereocenters. The molecule has 1 aromatic heterocycles. The van der Waals surface area contributed by atoms with E-state index < -0.39 is 55.2 Å². The van der Waals surface area contributed by atoms with Crippen molar-refractivity contribution in [1.82, 2.24) is 20.5 Å². The summed E-state index contributed by atoms with van der Waals surface area (Å²) in [5.74, 6) is -5.90. The number of hydrogen-bond donors (Lipinski definition) is 1. The van der Waals surface area contributed by atoms with Gasteiger partial charge in [0.2, 0.25) is 14.9 Å². The molecule has 0 radical (unpaired) electrons. The van der Waals surface area contributed by atoms with E-state index >= 15 is 4.39 Å². The lowest BCUT2D eigenvalue weighted by atomic mass is 10.1. The van der Waals surface area contributed by atoms with Gasteiger partial charge in [-0.1, -0.05) is 35.9 Å². The summed E-state index contributed by atoms with van der Waals surface area (Å²) in [4.78, 5) is 15.9. The minimum Gasteiger partial charge on any atom is -0.344 e. The third-order valence-corrected chi connectivity index (χ3v) is 7.51. The van der Waals surface area contributed by atoms with E-state index in [4.69, 9.17) is 11.6 Å². The van der Waals surface area contributed by atoms with Crippen LogP contribution in [0.15, 0.2) is 46.3 Å². The summed E-state index contributed by atoms with van der Waals surface area (Å²) in [5, 5.41) is 8.03. The fourth-order valence-corrected chi connectivity index (χ4v) is 5.30. The van der Waals surface area contributed by atoms with E-state index in [1.165, 1.54) is 31.2 Å². The molecule has 1 aliphatic carbocycles. The van der Waals surface area contributed by atoms with Crippen LogP contribution in [0.5, 0.6) is 0 Å². The Labute approximate surface area is 204 Å². The second kappa shape index (κ2) is 9.19. The number of halogens is 4. The normalized spacial score (nSPS) is 14.1. The highest BCUT2D eigenvalue weighted by atomic mass is 35.5. The van der Waals surface area contributed by atoms with Crippen LogP contribution in [0.4, 0.5) is 13.2 Å². The molecule has 0 bridgehead atoms. The topological polar surface area (TPSA) is 102 Å². The highest BCUT2D eigenvalue weighted by molar-refractivity contribution is 7.91. The SMILES string of the molecule is Cc1ccc(C(F)(F)CNC(=O)c2nc(C)nnc2S(=O)(=O)c2cccc(C3CC3)c2F)c(Cl)c1. The Kier molecular flexibility index (Phi) is 6.58. The number of aryl methyl sites for hydroxylation is 2. The van der Waals surface area contributed by atoms with Crippen molar-refractivity contribution in [2.75, 3.05) is 6.54 Å². The van der Waals surface area contributed by atoms with E-state index in [2.05, 4.69) is 15.2 Å². The van der Waals surface area contributed by atoms with Gasteiger partial charge in [-0.25, -0.2) is 17.8 Å². The van der Waals surface area contributed by atoms with Gasteiger partial charge >= 0.3 is 0 Å². The summed E-state index contributed by atoms with van der Waals surface area (Å²) in [7, 11) is -4.69. The van der Waals surface area contributed by atoms with Crippen LogP contribution in [0, 0.1) is 19.7 Å². The first kappa shape index (κ1) is 25.1. The maximum atomic E-state index is 15.1. The van der Waals surface area contributed by atoms with Gasteiger partial charge in [0.1, 0.15) is 16.5 Å². The van der Waals surface area contributed by atoms with Crippen LogP contribution in [0.2, 0.25) is 5.02 Å². The van der Waals surface area contributed by atoms with Crippen molar-refractivity contribution in [3.8, 4) is 0 Å². The predicted octanol–water partition coefficient (Wildman–Crippen LogP) is 4.51. The van der Waals surface area contributed by atoms with E-state index in [0.29, 0.717) is 5.56 Å². The summed E-state index contributed by atoms with van der Waals surface area (Å²) in [6.07, 6.45) is 1.47. The van der Waals surface area contributed by atoms with Crippen LogP contribution in [0.3, 0.4) is 0 Å². The molecule has 1 N–H and O–H groups in total. The van der Waals surface area contributed by atoms with Gasteiger partial charge in [-0.15, -0.1) is 10.2 Å². The molecule has 35 heavy (non-hydrogen) atoms. The van der Waals surface area contributed by atoms with Crippen molar-refractivity contribution in [2.45, 2.75) is 48.5 Å². The van der Waals surface area contributed by atoms with Crippen LogP contribution in [-0.4, -0.2) is 36.1 Å². The van der Waals surface area contributed by atoms with Crippen molar-refractivity contribution >= 4 is 27.3 Å². The number of aromatic nitrogens is 3. The van der Waals surface area contributed by atoms with Crippen molar-refractivity contribution in [1.29, 1.82) is 0 Å². The minimum absolute atomic E-state index is 0.0744. The lowest BCUT2D eigenvalue weighted by Gasteiger charge is -2.19. The van der Waals surface area contributed by atoms with Gasteiger partial charge in [0.05, 0.1) is 11.6 Å². The van der Waals surface area contributed by atoms with E-state index in [1.807, 2.05) is 5.32 Å². The summed E-state index contributed by atoms with van der Waals surface area (Å²) >= 11 is 5.94. The van der Waals surface area contributed by atoms with E-state index in [9.17, 15) is 22.0 Å². The van der Waals surface area contributed by atoms with Gasteiger partial charge in [-0.2, -0.15) is 8.78 Å². The van der Waals surface area contributed by atoms with Gasteiger partial charge in [0.15, 0.2) is 5.69 Å². The number of carbonyl (C=O) groups excluding carboxylic acids is 1. The summed E-state index contributed by atoms with van der Waals surface area (Å²) < 4.78 is 71.1. The molecule has 7 nitrogen and oxygen atoms in total. The fraction of sp³-hybridized carbons (Fsp3) is 0.304. The first-order valence-corrected chi connectivity index (χ1v) is 12.5. The number of nitrogens with zero attached hydrogens (tertiary/aromatic N) is 3. The molecule has 12 heteroatoms. The van der Waals surface area contributed by atoms with Gasteiger partial charge < -0.3 is 5.32 Å². The second-order valence-electron chi connectivity index (χ2n) is 8.32. The third-order valence-electron chi connectivity index (χ3n) is 5.52. The highest BCUT2D eigenvalue weighted by Crippen LogP contribution is 2.42. The zero-order valence-corrected chi connectivity index (χ0v) is 20.2. The molecule has 1 aliphatic rings. The van der Waals surface area contributed by atoms with Gasteiger partial charge in [-0.05, 0) is 55.9 Å².